The average Bonchev–Trinajstić information content (AvgIpc) is 2.55. The van der Waals surface area contributed by atoms with Crippen molar-refractivity contribution >= 4 is 17.5 Å². The first-order chi connectivity index (χ1) is 5.38. The lowest BCUT2D eigenvalue weighted by atomic mass is 10.2. The van der Waals surface area contributed by atoms with E-state index in [4.69, 9.17) is 10.2 Å². The second-order valence-electron chi connectivity index (χ2n) is 2.01. The van der Waals surface area contributed by atoms with Gasteiger partial charge in [-0.3, -0.25) is 0 Å². The molecular weight excluding hydrogens is 162 g/mol. The Morgan fingerprint density at radius 1 is 1.45 bits per heavy atom. The standard InChI is InChI=1S/C6H5N3OS/c7-6-5(8-11-9-6)4-1-2-10-3-4/h1-3H,(H2,7,9). The summed E-state index contributed by atoms with van der Waals surface area (Å²) in [6, 6.07) is 1.80. The molecule has 0 unspecified atom stereocenters. The molecule has 0 aliphatic heterocycles. The first kappa shape index (κ1) is 6.36. The first-order valence-corrected chi connectivity index (χ1v) is 3.71. The van der Waals surface area contributed by atoms with Crippen LogP contribution < -0.4 is 5.73 Å². The number of nitrogens with zero attached hydrogens (tertiary/aromatic N) is 2. The van der Waals surface area contributed by atoms with Crippen LogP contribution in [0.5, 0.6) is 0 Å². The van der Waals surface area contributed by atoms with E-state index < -0.39 is 0 Å². The number of hydrogen-bond donors (Lipinski definition) is 1. The van der Waals surface area contributed by atoms with Gasteiger partial charge in [0.15, 0.2) is 5.82 Å². The Hall–Kier alpha value is -1.36. The van der Waals surface area contributed by atoms with E-state index in [0.717, 1.165) is 17.3 Å². The van der Waals surface area contributed by atoms with Gasteiger partial charge in [-0.25, -0.2) is 0 Å². The number of furan rings is 1. The van der Waals surface area contributed by atoms with E-state index in [-0.39, 0.29) is 0 Å². The highest BCUT2D eigenvalue weighted by Crippen LogP contribution is 2.23. The zero-order chi connectivity index (χ0) is 7.68. The molecule has 11 heavy (non-hydrogen) atoms. The zero-order valence-electron chi connectivity index (χ0n) is 5.52. The van der Waals surface area contributed by atoms with E-state index in [9.17, 15) is 0 Å². The van der Waals surface area contributed by atoms with Crippen molar-refractivity contribution in [2.24, 2.45) is 0 Å². The van der Waals surface area contributed by atoms with E-state index in [2.05, 4.69) is 8.75 Å². The summed E-state index contributed by atoms with van der Waals surface area (Å²) in [5.41, 5.74) is 7.10. The summed E-state index contributed by atoms with van der Waals surface area (Å²) in [6.07, 6.45) is 3.17. The molecule has 0 bridgehead atoms. The molecule has 0 aliphatic rings. The fourth-order valence-electron chi connectivity index (χ4n) is 0.795. The van der Waals surface area contributed by atoms with Crippen LogP contribution in [0, 0.1) is 0 Å². The van der Waals surface area contributed by atoms with Gasteiger partial charge in [-0.2, -0.15) is 8.75 Å². The summed E-state index contributed by atoms with van der Waals surface area (Å²) in [6.45, 7) is 0. The maximum absolute atomic E-state index is 5.53. The number of nitrogen functional groups attached to an aromatic ring is 1. The summed E-state index contributed by atoms with van der Waals surface area (Å²) in [5.74, 6) is 0.455. The summed E-state index contributed by atoms with van der Waals surface area (Å²) in [5, 5.41) is 0. The van der Waals surface area contributed by atoms with Gasteiger partial charge in [-0.1, -0.05) is 0 Å². The van der Waals surface area contributed by atoms with Crippen LogP contribution in [0.3, 0.4) is 0 Å². The van der Waals surface area contributed by atoms with Gasteiger partial charge in [0.25, 0.3) is 0 Å². The molecule has 0 radical (unpaired) electrons. The van der Waals surface area contributed by atoms with E-state index in [0.29, 0.717) is 11.5 Å². The molecule has 0 aliphatic carbocycles. The molecule has 0 amide bonds. The van der Waals surface area contributed by atoms with Crippen LogP contribution in [-0.4, -0.2) is 8.75 Å². The van der Waals surface area contributed by atoms with E-state index in [1.807, 2.05) is 0 Å². The predicted octanol–water partition coefficient (Wildman–Crippen LogP) is 1.38. The molecule has 0 saturated carbocycles. The van der Waals surface area contributed by atoms with Crippen LogP contribution in [0.15, 0.2) is 23.0 Å². The minimum atomic E-state index is 0.455. The SMILES string of the molecule is Nc1nsnc1-c1ccoc1. The number of anilines is 1. The smallest absolute Gasteiger partial charge is 0.165 e. The van der Waals surface area contributed by atoms with Crippen LogP contribution in [0.1, 0.15) is 0 Å². The molecule has 0 spiro atoms. The predicted molar refractivity (Wildman–Crippen MR) is 42.0 cm³/mol. The van der Waals surface area contributed by atoms with Gasteiger partial charge in [0.05, 0.1) is 24.3 Å². The number of rotatable bonds is 1. The zero-order valence-corrected chi connectivity index (χ0v) is 6.34. The molecular formula is C6H5N3OS. The quantitative estimate of drug-likeness (QED) is 0.696. The highest BCUT2D eigenvalue weighted by Gasteiger charge is 2.06. The van der Waals surface area contributed by atoms with Crippen molar-refractivity contribution in [3.63, 3.8) is 0 Å². The minimum Gasteiger partial charge on any atom is -0.472 e. The monoisotopic (exact) mass is 167 g/mol. The van der Waals surface area contributed by atoms with Gasteiger partial charge < -0.3 is 10.2 Å². The Balaban J connectivity index is 2.53. The van der Waals surface area contributed by atoms with Crippen molar-refractivity contribution in [2.75, 3.05) is 5.73 Å². The number of hydrogen-bond acceptors (Lipinski definition) is 5. The third-order valence-electron chi connectivity index (χ3n) is 1.31. The summed E-state index contributed by atoms with van der Waals surface area (Å²) in [4.78, 5) is 0. The maximum atomic E-state index is 5.53. The van der Waals surface area contributed by atoms with Crippen LogP contribution in [0.2, 0.25) is 0 Å². The number of aromatic nitrogens is 2. The van der Waals surface area contributed by atoms with Crippen LogP contribution in [-0.2, 0) is 0 Å². The first-order valence-electron chi connectivity index (χ1n) is 2.98. The molecule has 0 saturated heterocycles. The number of nitrogens with two attached hydrogens (primary N) is 1. The molecule has 2 aromatic heterocycles. The Morgan fingerprint density at radius 2 is 2.36 bits per heavy atom. The topological polar surface area (TPSA) is 64.9 Å². The van der Waals surface area contributed by atoms with Crippen molar-refractivity contribution in [3.8, 4) is 11.3 Å². The molecule has 0 fully saturated rings. The van der Waals surface area contributed by atoms with Crippen molar-refractivity contribution in [1.29, 1.82) is 0 Å². The molecule has 2 N–H and O–H groups in total. The largest absolute Gasteiger partial charge is 0.472 e. The lowest BCUT2D eigenvalue weighted by Crippen LogP contribution is -1.86. The van der Waals surface area contributed by atoms with Gasteiger partial charge in [-0.05, 0) is 6.07 Å². The van der Waals surface area contributed by atoms with Crippen molar-refractivity contribution in [3.05, 3.63) is 18.6 Å². The van der Waals surface area contributed by atoms with Gasteiger partial charge in [0.2, 0.25) is 0 Å². The van der Waals surface area contributed by atoms with Crippen LogP contribution >= 0.6 is 11.7 Å². The fourth-order valence-corrected chi connectivity index (χ4v) is 1.29. The molecule has 0 aromatic carbocycles. The Morgan fingerprint density at radius 3 is 2.91 bits per heavy atom. The van der Waals surface area contributed by atoms with Crippen molar-refractivity contribution in [2.45, 2.75) is 0 Å². The van der Waals surface area contributed by atoms with E-state index in [1.54, 1.807) is 18.6 Å². The Bertz CT molecular complexity index is 340. The summed E-state index contributed by atoms with van der Waals surface area (Å²) in [7, 11) is 0. The normalized spacial score (nSPS) is 10.2. The van der Waals surface area contributed by atoms with Gasteiger partial charge in [0.1, 0.15) is 5.69 Å². The second kappa shape index (κ2) is 2.35. The highest BCUT2D eigenvalue weighted by molar-refractivity contribution is 6.99. The van der Waals surface area contributed by atoms with E-state index in [1.165, 1.54) is 0 Å². The molecule has 2 rings (SSSR count). The van der Waals surface area contributed by atoms with Gasteiger partial charge in [0, 0.05) is 5.56 Å². The molecule has 4 nitrogen and oxygen atoms in total. The van der Waals surface area contributed by atoms with E-state index >= 15 is 0 Å². The molecule has 2 aromatic rings. The van der Waals surface area contributed by atoms with Crippen LogP contribution in [0.25, 0.3) is 11.3 Å². The van der Waals surface area contributed by atoms with Gasteiger partial charge in [-0.15, -0.1) is 0 Å². The lowest BCUT2D eigenvalue weighted by Gasteiger charge is -1.87. The Kier molecular flexibility index (Phi) is 1.36. The molecule has 0 atom stereocenters. The summed E-state index contributed by atoms with van der Waals surface area (Å²) < 4.78 is 12.7. The second-order valence-corrected chi connectivity index (χ2v) is 2.54. The van der Waals surface area contributed by atoms with Crippen LogP contribution in [0.4, 0.5) is 5.82 Å². The third-order valence-corrected chi connectivity index (χ3v) is 1.85. The lowest BCUT2D eigenvalue weighted by molar-refractivity contribution is 0.568. The Labute approximate surface area is 67.0 Å². The van der Waals surface area contributed by atoms with Crippen molar-refractivity contribution < 1.29 is 4.42 Å². The highest BCUT2D eigenvalue weighted by atomic mass is 32.1. The minimum absolute atomic E-state index is 0.455. The van der Waals surface area contributed by atoms with Crippen molar-refractivity contribution in [1.82, 2.24) is 8.75 Å². The fraction of sp³-hybridized carbons (Fsp3) is 0. The molecule has 56 valence electrons. The summed E-state index contributed by atoms with van der Waals surface area (Å²) >= 11 is 1.10. The molecule has 5 heteroatoms. The third kappa shape index (κ3) is 0.988. The van der Waals surface area contributed by atoms with Gasteiger partial charge >= 0.3 is 0 Å². The molecule has 2 heterocycles. The maximum Gasteiger partial charge on any atom is 0.165 e. The average molecular weight is 167 g/mol.